The summed E-state index contributed by atoms with van der Waals surface area (Å²) in [6.45, 7) is 4.59. The van der Waals surface area contributed by atoms with Gasteiger partial charge in [0.1, 0.15) is 11.3 Å². The number of amides is 1. The molecule has 19 heavy (non-hydrogen) atoms. The SMILES string of the molecule is CC.O=C1NCCOCC(C(=O)O)SCC1NOO. The van der Waals surface area contributed by atoms with Crippen LogP contribution in [0.3, 0.4) is 0 Å². The zero-order valence-electron chi connectivity index (χ0n) is 10.9. The fourth-order valence-corrected chi connectivity index (χ4v) is 2.17. The molecule has 1 saturated heterocycles. The zero-order chi connectivity index (χ0) is 14.7. The number of aliphatic carboxylic acids is 1. The molecule has 1 amide bonds. The van der Waals surface area contributed by atoms with Crippen molar-refractivity contribution in [2.24, 2.45) is 0 Å². The van der Waals surface area contributed by atoms with Gasteiger partial charge in [-0.05, 0) is 0 Å². The quantitative estimate of drug-likeness (QED) is 0.414. The lowest BCUT2D eigenvalue weighted by Gasteiger charge is -2.20. The number of nitrogens with one attached hydrogen (secondary N) is 2. The van der Waals surface area contributed by atoms with E-state index in [0.717, 1.165) is 11.8 Å². The highest BCUT2D eigenvalue weighted by Crippen LogP contribution is 2.14. The summed E-state index contributed by atoms with van der Waals surface area (Å²) in [5.74, 6) is -1.24. The van der Waals surface area contributed by atoms with Gasteiger partial charge in [0.05, 0.1) is 13.2 Å². The Morgan fingerprint density at radius 1 is 1.58 bits per heavy atom. The molecule has 8 nitrogen and oxygen atoms in total. The highest BCUT2D eigenvalue weighted by molar-refractivity contribution is 8.00. The van der Waals surface area contributed by atoms with Crippen LogP contribution >= 0.6 is 11.8 Å². The van der Waals surface area contributed by atoms with E-state index in [4.69, 9.17) is 15.1 Å². The van der Waals surface area contributed by atoms with Gasteiger partial charge in [-0.3, -0.25) is 9.59 Å². The summed E-state index contributed by atoms with van der Waals surface area (Å²) < 4.78 is 5.11. The average Bonchev–Trinajstić information content (AvgIpc) is 2.41. The summed E-state index contributed by atoms with van der Waals surface area (Å²) in [4.78, 5) is 26.1. The molecule has 9 heteroatoms. The molecule has 0 radical (unpaired) electrons. The molecule has 0 aliphatic carbocycles. The largest absolute Gasteiger partial charge is 0.480 e. The van der Waals surface area contributed by atoms with Crippen LogP contribution in [0, 0.1) is 0 Å². The first-order valence-corrected chi connectivity index (χ1v) is 6.96. The topological polar surface area (TPSA) is 117 Å². The molecule has 1 rings (SSSR count). The molecule has 1 fully saturated rings. The van der Waals surface area contributed by atoms with E-state index in [-0.39, 0.29) is 31.4 Å². The predicted octanol–water partition coefficient (Wildman–Crippen LogP) is -0.292. The summed E-state index contributed by atoms with van der Waals surface area (Å²) in [6.07, 6.45) is 0. The van der Waals surface area contributed by atoms with Crippen LogP contribution in [0.1, 0.15) is 13.8 Å². The van der Waals surface area contributed by atoms with E-state index in [0.29, 0.717) is 0 Å². The van der Waals surface area contributed by atoms with Gasteiger partial charge in [-0.25, -0.2) is 5.26 Å². The van der Waals surface area contributed by atoms with E-state index < -0.39 is 17.3 Å². The van der Waals surface area contributed by atoms with E-state index >= 15 is 0 Å². The van der Waals surface area contributed by atoms with Crippen molar-refractivity contribution in [2.45, 2.75) is 25.1 Å². The Balaban J connectivity index is 0.00000154. The molecule has 0 aromatic rings. The van der Waals surface area contributed by atoms with Crippen molar-refractivity contribution in [3.8, 4) is 0 Å². The number of ether oxygens (including phenoxy) is 1. The minimum Gasteiger partial charge on any atom is -0.480 e. The molecule has 4 N–H and O–H groups in total. The Kier molecular flexibility index (Phi) is 10.5. The highest BCUT2D eigenvalue weighted by Gasteiger charge is 2.25. The fourth-order valence-electron chi connectivity index (χ4n) is 1.19. The molecular formula is C10H20N2O6S. The second-order valence-corrected chi connectivity index (χ2v) is 4.52. The number of carbonyl (C=O) groups is 2. The van der Waals surface area contributed by atoms with E-state index in [9.17, 15) is 9.59 Å². The molecule has 2 atom stereocenters. The summed E-state index contributed by atoms with van der Waals surface area (Å²) in [7, 11) is 0. The van der Waals surface area contributed by atoms with Crippen LogP contribution in [-0.2, 0) is 19.3 Å². The number of carbonyl (C=O) groups excluding carboxylic acids is 1. The lowest BCUT2D eigenvalue weighted by atomic mass is 10.3. The second kappa shape index (κ2) is 11.0. The van der Waals surface area contributed by atoms with E-state index in [1.54, 1.807) is 0 Å². The van der Waals surface area contributed by atoms with E-state index in [2.05, 4.69) is 15.8 Å². The van der Waals surface area contributed by atoms with Crippen molar-refractivity contribution in [3.05, 3.63) is 0 Å². The first-order chi connectivity index (χ1) is 9.15. The minimum absolute atomic E-state index is 0.0720. The van der Waals surface area contributed by atoms with Crippen LogP contribution in [0.5, 0.6) is 0 Å². The molecular weight excluding hydrogens is 276 g/mol. The van der Waals surface area contributed by atoms with E-state index in [1.165, 1.54) is 0 Å². The molecule has 1 heterocycles. The van der Waals surface area contributed by atoms with Crippen molar-refractivity contribution >= 4 is 23.6 Å². The third kappa shape index (κ3) is 7.33. The first kappa shape index (κ1) is 18.1. The predicted molar refractivity (Wildman–Crippen MR) is 69.7 cm³/mol. The maximum absolute atomic E-state index is 11.5. The van der Waals surface area contributed by atoms with Crippen LogP contribution in [0.4, 0.5) is 0 Å². The van der Waals surface area contributed by atoms with Crippen LogP contribution in [0.25, 0.3) is 0 Å². The molecule has 1 aliphatic rings. The Morgan fingerprint density at radius 3 is 2.84 bits per heavy atom. The number of carboxylic acids is 1. The van der Waals surface area contributed by atoms with Crippen molar-refractivity contribution in [1.29, 1.82) is 0 Å². The Labute approximate surface area is 115 Å². The van der Waals surface area contributed by atoms with Gasteiger partial charge in [-0.1, -0.05) is 13.8 Å². The van der Waals surface area contributed by atoms with Gasteiger partial charge in [0.2, 0.25) is 5.91 Å². The molecule has 0 spiro atoms. The molecule has 2 unspecified atom stereocenters. The van der Waals surface area contributed by atoms with Gasteiger partial charge in [0.25, 0.3) is 0 Å². The Morgan fingerprint density at radius 2 is 2.26 bits per heavy atom. The van der Waals surface area contributed by atoms with Crippen LogP contribution in [0.15, 0.2) is 0 Å². The van der Waals surface area contributed by atoms with E-state index in [1.807, 2.05) is 13.8 Å². The van der Waals surface area contributed by atoms with Crippen LogP contribution < -0.4 is 10.8 Å². The van der Waals surface area contributed by atoms with Crippen molar-refractivity contribution in [2.75, 3.05) is 25.5 Å². The fraction of sp³-hybridized carbons (Fsp3) is 0.800. The summed E-state index contributed by atoms with van der Waals surface area (Å²) in [5.41, 5.74) is 2.10. The molecule has 112 valence electrons. The Bertz CT molecular complexity index is 279. The lowest BCUT2D eigenvalue weighted by molar-refractivity contribution is -0.296. The number of hydroxylamine groups is 1. The monoisotopic (exact) mass is 296 g/mol. The number of rotatable bonds is 3. The van der Waals surface area contributed by atoms with Gasteiger partial charge in [-0.15, -0.1) is 16.8 Å². The summed E-state index contributed by atoms with van der Waals surface area (Å²) in [6, 6.07) is -0.815. The molecule has 0 bridgehead atoms. The van der Waals surface area contributed by atoms with Crippen molar-refractivity contribution in [1.82, 2.24) is 10.8 Å². The molecule has 0 aromatic heterocycles. The maximum Gasteiger partial charge on any atom is 0.319 e. The summed E-state index contributed by atoms with van der Waals surface area (Å²) >= 11 is 1.04. The third-order valence-electron chi connectivity index (χ3n) is 2.07. The molecule has 1 aliphatic heterocycles. The van der Waals surface area contributed by atoms with Crippen LogP contribution in [0.2, 0.25) is 0 Å². The maximum atomic E-state index is 11.5. The second-order valence-electron chi connectivity index (χ2n) is 3.29. The average molecular weight is 296 g/mol. The molecule has 0 saturated carbocycles. The Hall–Kier alpha value is -0.870. The number of carboxylic acid groups (broad SMARTS) is 1. The van der Waals surface area contributed by atoms with Gasteiger partial charge in [-0.2, -0.15) is 5.48 Å². The van der Waals surface area contributed by atoms with Gasteiger partial charge < -0.3 is 15.2 Å². The first-order valence-electron chi connectivity index (χ1n) is 5.91. The molecule has 0 aromatic carbocycles. The standard InChI is InChI=1S/C8H14N2O6S.C2H6/c11-7-5(10-16-14)4-17-6(8(12)13)3-15-2-1-9-7;1-2/h5-6,10,14H,1-4H2,(H,9,11)(H,12,13);1-2H3. The third-order valence-corrected chi connectivity index (χ3v) is 3.33. The lowest BCUT2D eigenvalue weighted by Crippen LogP contribution is -2.47. The van der Waals surface area contributed by atoms with Gasteiger partial charge in [0.15, 0.2) is 0 Å². The normalized spacial score (nSPS) is 24.7. The number of hydrogen-bond donors (Lipinski definition) is 4. The smallest absolute Gasteiger partial charge is 0.319 e. The minimum atomic E-state index is -1.00. The highest BCUT2D eigenvalue weighted by atomic mass is 32.2. The van der Waals surface area contributed by atoms with Gasteiger partial charge >= 0.3 is 5.97 Å². The van der Waals surface area contributed by atoms with Crippen LogP contribution in [-0.4, -0.2) is 59.0 Å². The number of thioether (sulfide) groups is 1. The number of hydrogen-bond acceptors (Lipinski definition) is 7. The van der Waals surface area contributed by atoms with Crippen molar-refractivity contribution in [3.63, 3.8) is 0 Å². The van der Waals surface area contributed by atoms with Gasteiger partial charge in [0, 0.05) is 12.3 Å². The summed E-state index contributed by atoms with van der Waals surface area (Å²) in [5, 5.41) is 19.0. The zero-order valence-corrected chi connectivity index (χ0v) is 11.7. The van der Waals surface area contributed by atoms with Crippen molar-refractivity contribution < 1.29 is 29.7 Å².